The number of anilines is 1. The summed E-state index contributed by atoms with van der Waals surface area (Å²) in [5.41, 5.74) is 2.43. The van der Waals surface area contributed by atoms with Crippen molar-refractivity contribution in [3.8, 4) is 11.8 Å². The number of aliphatic hydroxyl groups excluding tert-OH is 1. The molecular weight excluding hydrogens is 304 g/mol. The van der Waals surface area contributed by atoms with Gasteiger partial charge in [-0.1, -0.05) is 25.1 Å². The highest BCUT2D eigenvalue weighted by molar-refractivity contribution is 5.51. The minimum Gasteiger partial charge on any atom is -0.395 e. The zero-order chi connectivity index (χ0) is 16.9. The van der Waals surface area contributed by atoms with E-state index in [9.17, 15) is 5.26 Å². The van der Waals surface area contributed by atoms with E-state index in [1.165, 1.54) is 0 Å². The Balaban J connectivity index is 1.85. The smallest absolute Gasteiger partial charge is 0.207 e. The monoisotopic (exact) mass is 326 g/mol. The molecule has 24 heavy (non-hydrogen) atoms. The largest absolute Gasteiger partial charge is 0.395 e. The minimum absolute atomic E-state index is 0.174. The predicted molar refractivity (Wildman–Crippen MR) is 91.2 cm³/mol. The van der Waals surface area contributed by atoms with Gasteiger partial charge in [0.25, 0.3) is 0 Å². The fourth-order valence-electron chi connectivity index (χ4n) is 3.02. The molecule has 7 nitrogen and oxygen atoms in total. The van der Waals surface area contributed by atoms with E-state index >= 15 is 0 Å². The van der Waals surface area contributed by atoms with Gasteiger partial charge in [-0.15, -0.1) is 15.0 Å². The fourth-order valence-corrected chi connectivity index (χ4v) is 3.02. The van der Waals surface area contributed by atoms with Gasteiger partial charge in [-0.3, -0.25) is 4.90 Å². The molecule has 2 aromatic rings. The normalized spacial score (nSPS) is 15.5. The van der Waals surface area contributed by atoms with Crippen LogP contribution in [0.25, 0.3) is 5.69 Å². The van der Waals surface area contributed by atoms with Crippen molar-refractivity contribution >= 4 is 5.82 Å². The second-order valence-electron chi connectivity index (χ2n) is 5.81. The Hall–Kier alpha value is -2.43. The Morgan fingerprint density at radius 2 is 1.92 bits per heavy atom. The molecule has 0 spiro atoms. The lowest BCUT2D eigenvalue weighted by molar-refractivity contribution is 0.188. The lowest BCUT2D eigenvalue weighted by Gasteiger charge is -2.34. The number of hydrogen-bond donors (Lipinski definition) is 1. The minimum atomic E-state index is 0.174. The molecule has 7 heteroatoms. The van der Waals surface area contributed by atoms with Crippen LogP contribution in [0, 0.1) is 11.3 Å². The molecule has 3 rings (SSSR count). The van der Waals surface area contributed by atoms with Crippen LogP contribution in [0.3, 0.4) is 0 Å². The first kappa shape index (κ1) is 16.4. The standard InChI is InChI=1S/C17H22N6O/c1-2-14-5-3-4-6-16(14)23-19-15(13-18)17(20-23)22-9-7-21(8-10-22)11-12-24/h3-6,24H,2,7-12H2,1H3. The second kappa shape index (κ2) is 7.43. The van der Waals surface area contributed by atoms with Gasteiger partial charge in [0, 0.05) is 32.7 Å². The topological polar surface area (TPSA) is 81.2 Å². The fraction of sp³-hybridized carbons (Fsp3) is 0.471. The van der Waals surface area contributed by atoms with Crippen molar-refractivity contribution in [2.75, 3.05) is 44.2 Å². The van der Waals surface area contributed by atoms with Crippen molar-refractivity contribution in [2.24, 2.45) is 0 Å². The van der Waals surface area contributed by atoms with Crippen molar-refractivity contribution < 1.29 is 5.11 Å². The zero-order valence-corrected chi connectivity index (χ0v) is 13.9. The molecular formula is C17H22N6O. The van der Waals surface area contributed by atoms with Crippen LogP contribution >= 0.6 is 0 Å². The number of rotatable bonds is 5. The molecule has 0 saturated carbocycles. The summed E-state index contributed by atoms with van der Waals surface area (Å²) in [4.78, 5) is 5.89. The molecule has 0 atom stereocenters. The third-order valence-corrected chi connectivity index (χ3v) is 4.38. The summed E-state index contributed by atoms with van der Waals surface area (Å²) < 4.78 is 0. The summed E-state index contributed by atoms with van der Waals surface area (Å²) in [6.45, 7) is 6.22. The van der Waals surface area contributed by atoms with E-state index < -0.39 is 0 Å². The van der Waals surface area contributed by atoms with Crippen LogP contribution in [0.15, 0.2) is 24.3 Å². The van der Waals surface area contributed by atoms with E-state index in [1.54, 1.807) is 4.80 Å². The molecule has 0 aliphatic carbocycles. The van der Waals surface area contributed by atoms with Gasteiger partial charge in [0.2, 0.25) is 5.69 Å². The van der Waals surface area contributed by atoms with Gasteiger partial charge >= 0.3 is 0 Å². The van der Waals surface area contributed by atoms with Crippen LogP contribution in [-0.2, 0) is 6.42 Å². The zero-order valence-electron chi connectivity index (χ0n) is 13.9. The average molecular weight is 326 g/mol. The maximum Gasteiger partial charge on any atom is 0.207 e. The predicted octanol–water partition coefficient (Wildman–Crippen LogP) is 0.816. The molecule has 0 unspecified atom stereocenters. The number of aromatic nitrogens is 3. The van der Waals surface area contributed by atoms with Crippen LogP contribution in [0.1, 0.15) is 18.2 Å². The van der Waals surface area contributed by atoms with Gasteiger partial charge in [-0.2, -0.15) is 5.26 Å². The molecule has 1 N–H and O–H groups in total. The van der Waals surface area contributed by atoms with Crippen LogP contribution in [0.5, 0.6) is 0 Å². The quantitative estimate of drug-likeness (QED) is 0.876. The Morgan fingerprint density at radius 3 is 2.58 bits per heavy atom. The third-order valence-electron chi connectivity index (χ3n) is 4.38. The van der Waals surface area contributed by atoms with E-state index in [0.717, 1.165) is 43.9 Å². The molecule has 0 radical (unpaired) electrons. The van der Waals surface area contributed by atoms with Crippen molar-refractivity contribution in [1.29, 1.82) is 5.26 Å². The van der Waals surface area contributed by atoms with E-state index in [0.29, 0.717) is 18.1 Å². The Bertz CT molecular complexity index is 727. The summed E-state index contributed by atoms with van der Waals surface area (Å²) in [7, 11) is 0. The number of nitrogens with zero attached hydrogens (tertiary/aromatic N) is 6. The first-order valence-electron chi connectivity index (χ1n) is 8.30. The van der Waals surface area contributed by atoms with Gasteiger partial charge in [0.15, 0.2) is 5.82 Å². The highest BCUT2D eigenvalue weighted by atomic mass is 16.3. The van der Waals surface area contributed by atoms with E-state index in [-0.39, 0.29) is 6.61 Å². The van der Waals surface area contributed by atoms with Gasteiger partial charge in [0.1, 0.15) is 6.07 Å². The van der Waals surface area contributed by atoms with Crippen molar-refractivity contribution in [3.63, 3.8) is 0 Å². The molecule has 1 aromatic heterocycles. The summed E-state index contributed by atoms with van der Waals surface area (Å²) in [6, 6.07) is 10.1. The maximum absolute atomic E-state index is 9.44. The molecule has 2 heterocycles. The molecule has 1 aliphatic rings. The number of aliphatic hydroxyl groups is 1. The lowest BCUT2D eigenvalue weighted by atomic mass is 10.1. The summed E-state index contributed by atoms with van der Waals surface area (Å²) in [5.74, 6) is 0.645. The van der Waals surface area contributed by atoms with Crippen molar-refractivity contribution in [3.05, 3.63) is 35.5 Å². The second-order valence-corrected chi connectivity index (χ2v) is 5.81. The number of piperazine rings is 1. The van der Waals surface area contributed by atoms with Crippen LogP contribution in [-0.4, -0.2) is 64.3 Å². The molecule has 1 aliphatic heterocycles. The lowest BCUT2D eigenvalue weighted by Crippen LogP contribution is -2.47. The molecule has 1 fully saturated rings. The van der Waals surface area contributed by atoms with Gasteiger partial charge in [0.05, 0.1) is 12.3 Å². The number of nitriles is 1. The van der Waals surface area contributed by atoms with E-state index in [2.05, 4.69) is 39.1 Å². The Kier molecular flexibility index (Phi) is 5.08. The Labute approximate surface area is 141 Å². The summed E-state index contributed by atoms with van der Waals surface area (Å²) in [5, 5.41) is 27.5. The molecule has 1 aromatic carbocycles. The first-order chi connectivity index (χ1) is 11.8. The first-order valence-corrected chi connectivity index (χ1v) is 8.30. The van der Waals surface area contributed by atoms with Gasteiger partial charge < -0.3 is 10.0 Å². The highest BCUT2D eigenvalue weighted by Gasteiger charge is 2.23. The van der Waals surface area contributed by atoms with E-state index in [1.807, 2.05) is 18.2 Å². The maximum atomic E-state index is 9.44. The van der Waals surface area contributed by atoms with Crippen LogP contribution < -0.4 is 4.90 Å². The van der Waals surface area contributed by atoms with E-state index in [4.69, 9.17) is 5.11 Å². The van der Waals surface area contributed by atoms with Crippen molar-refractivity contribution in [2.45, 2.75) is 13.3 Å². The van der Waals surface area contributed by atoms with Crippen LogP contribution in [0.4, 0.5) is 5.82 Å². The highest BCUT2D eigenvalue weighted by Crippen LogP contribution is 2.21. The third kappa shape index (κ3) is 3.25. The number of aryl methyl sites for hydroxylation is 1. The van der Waals surface area contributed by atoms with Gasteiger partial charge in [-0.25, -0.2) is 0 Å². The number of hydrogen-bond acceptors (Lipinski definition) is 6. The molecule has 0 bridgehead atoms. The van der Waals surface area contributed by atoms with Gasteiger partial charge in [-0.05, 0) is 18.1 Å². The Morgan fingerprint density at radius 1 is 1.17 bits per heavy atom. The molecule has 0 amide bonds. The summed E-state index contributed by atoms with van der Waals surface area (Å²) in [6.07, 6.45) is 0.884. The number of benzene rings is 1. The van der Waals surface area contributed by atoms with Crippen molar-refractivity contribution in [1.82, 2.24) is 19.9 Å². The molecule has 126 valence electrons. The summed E-state index contributed by atoms with van der Waals surface area (Å²) >= 11 is 0. The number of para-hydroxylation sites is 1. The number of β-amino-alcohol motifs (C(OH)–C–C–N with tert-alkyl or cyclic N) is 1. The molecule has 1 saturated heterocycles. The SMILES string of the molecule is CCc1ccccc1-n1nc(C#N)c(N2CCN(CCO)CC2)n1. The van der Waals surface area contributed by atoms with Crippen LogP contribution in [0.2, 0.25) is 0 Å². The average Bonchev–Trinajstić information content (AvgIpc) is 3.07.